The Bertz CT molecular complexity index is 388. The molecular weight excluding hydrogens is 246 g/mol. The average molecular weight is 268 g/mol. The lowest BCUT2D eigenvalue weighted by molar-refractivity contribution is 0.0685. The summed E-state index contributed by atoms with van der Waals surface area (Å²) in [5, 5.41) is 0. The standard InChI is InChI=1S/C15H22ClNO/c1-12-9-14(10-16)3-4-15(12)17(2)11-13-5-7-18-8-6-13/h3-4,9,13H,5-8,10-11H2,1-2H3. The molecule has 3 heteroatoms. The first-order valence-corrected chi connectivity index (χ1v) is 7.18. The van der Waals surface area contributed by atoms with Crippen molar-refractivity contribution in [2.75, 3.05) is 31.7 Å². The number of nitrogens with zero attached hydrogens (tertiary/aromatic N) is 1. The molecule has 1 aliphatic heterocycles. The molecule has 1 fully saturated rings. The molecule has 0 unspecified atom stereocenters. The lowest BCUT2D eigenvalue weighted by Gasteiger charge is -2.29. The van der Waals surface area contributed by atoms with Gasteiger partial charge in [-0.1, -0.05) is 12.1 Å². The van der Waals surface area contributed by atoms with Crippen LogP contribution in [0.1, 0.15) is 24.0 Å². The van der Waals surface area contributed by atoms with E-state index in [0.717, 1.165) is 25.7 Å². The summed E-state index contributed by atoms with van der Waals surface area (Å²) in [6.45, 7) is 5.11. The second-order valence-corrected chi connectivity index (χ2v) is 5.46. The smallest absolute Gasteiger partial charge is 0.0474 e. The van der Waals surface area contributed by atoms with Gasteiger partial charge in [-0.3, -0.25) is 0 Å². The fourth-order valence-electron chi connectivity index (χ4n) is 2.64. The molecule has 0 aromatic heterocycles. The van der Waals surface area contributed by atoms with Crippen molar-refractivity contribution >= 4 is 17.3 Å². The number of ether oxygens (including phenoxy) is 1. The van der Waals surface area contributed by atoms with Gasteiger partial charge >= 0.3 is 0 Å². The predicted octanol–water partition coefficient (Wildman–Crippen LogP) is 3.60. The lowest BCUT2D eigenvalue weighted by Crippen LogP contribution is -2.29. The molecule has 0 radical (unpaired) electrons. The Balaban J connectivity index is 2.01. The van der Waals surface area contributed by atoms with Gasteiger partial charge in [0.15, 0.2) is 0 Å². The molecule has 1 aromatic rings. The first kappa shape index (κ1) is 13.7. The number of halogens is 1. The number of aryl methyl sites for hydroxylation is 1. The van der Waals surface area contributed by atoms with Crippen molar-refractivity contribution in [2.24, 2.45) is 5.92 Å². The molecule has 1 aromatic carbocycles. The highest BCUT2D eigenvalue weighted by molar-refractivity contribution is 6.17. The van der Waals surface area contributed by atoms with Crippen molar-refractivity contribution in [3.63, 3.8) is 0 Å². The van der Waals surface area contributed by atoms with E-state index in [-0.39, 0.29) is 0 Å². The minimum atomic E-state index is 0.588. The van der Waals surface area contributed by atoms with Crippen LogP contribution in [0.2, 0.25) is 0 Å². The maximum Gasteiger partial charge on any atom is 0.0474 e. The third-order valence-corrected chi connectivity index (χ3v) is 4.01. The van der Waals surface area contributed by atoms with E-state index in [2.05, 4.69) is 37.1 Å². The molecule has 2 nitrogen and oxygen atoms in total. The molecule has 1 saturated heterocycles. The number of benzene rings is 1. The molecular formula is C15H22ClNO. The average Bonchev–Trinajstić information content (AvgIpc) is 2.39. The maximum atomic E-state index is 5.86. The van der Waals surface area contributed by atoms with Crippen molar-refractivity contribution in [1.82, 2.24) is 0 Å². The van der Waals surface area contributed by atoms with E-state index in [1.54, 1.807) is 0 Å². The van der Waals surface area contributed by atoms with Crippen LogP contribution >= 0.6 is 11.6 Å². The normalized spacial score (nSPS) is 16.8. The van der Waals surface area contributed by atoms with Crippen LogP contribution in [-0.2, 0) is 10.6 Å². The molecule has 0 aliphatic carbocycles. The SMILES string of the molecule is Cc1cc(CCl)ccc1N(C)CC1CCOCC1. The minimum absolute atomic E-state index is 0.588. The Hall–Kier alpha value is -0.730. The zero-order chi connectivity index (χ0) is 13.0. The van der Waals surface area contributed by atoms with E-state index in [0.29, 0.717) is 5.88 Å². The summed E-state index contributed by atoms with van der Waals surface area (Å²) in [5.41, 5.74) is 3.82. The zero-order valence-electron chi connectivity index (χ0n) is 11.3. The van der Waals surface area contributed by atoms with Crippen LogP contribution in [0.5, 0.6) is 0 Å². The van der Waals surface area contributed by atoms with Crippen molar-refractivity contribution in [1.29, 1.82) is 0 Å². The number of hydrogen-bond donors (Lipinski definition) is 0. The van der Waals surface area contributed by atoms with E-state index >= 15 is 0 Å². The Labute approximate surface area is 115 Å². The van der Waals surface area contributed by atoms with Crippen LogP contribution in [0.15, 0.2) is 18.2 Å². The second-order valence-electron chi connectivity index (χ2n) is 5.19. The van der Waals surface area contributed by atoms with Crippen LogP contribution in [-0.4, -0.2) is 26.8 Å². The van der Waals surface area contributed by atoms with Gasteiger partial charge in [-0.05, 0) is 42.9 Å². The Morgan fingerprint density at radius 3 is 2.67 bits per heavy atom. The fraction of sp³-hybridized carbons (Fsp3) is 0.600. The topological polar surface area (TPSA) is 12.5 Å². The van der Waals surface area contributed by atoms with Crippen LogP contribution in [0.25, 0.3) is 0 Å². The van der Waals surface area contributed by atoms with Gasteiger partial charge < -0.3 is 9.64 Å². The first-order valence-electron chi connectivity index (χ1n) is 6.65. The largest absolute Gasteiger partial charge is 0.381 e. The molecule has 1 heterocycles. The highest BCUT2D eigenvalue weighted by Gasteiger charge is 2.16. The summed E-state index contributed by atoms with van der Waals surface area (Å²) in [6, 6.07) is 6.49. The number of anilines is 1. The molecule has 0 bridgehead atoms. The predicted molar refractivity (Wildman–Crippen MR) is 77.5 cm³/mol. The molecule has 100 valence electrons. The van der Waals surface area contributed by atoms with Crippen LogP contribution in [0.3, 0.4) is 0 Å². The van der Waals surface area contributed by atoms with Crippen molar-refractivity contribution < 1.29 is 4.74 Å². The quantitative estimate of drug-likeness (QED) is 0.773. The van der Waals surface area contributed by atoms with Gasteiger partial charge in [0, 0.05) is 38.4 Å². The summed E-state index contributed by atoms with van der Waals surface area (Å²) in [4.78, 5) is 2.36. The number of hydrogen-bond acceptors (Lipinski definition) is 2. The van der Waals surface area contributed by atoms with Crippen LogP contribution in [0, 0.1) is 12.8 Å². The third kappa shape index (κ3) is 3.39. The minimum Gasteiger partial charge on any atom is -0.381 e. The maximum absolute atomic E-state index is 5.86. The molecule has 2 rings (SSSR count). The van der Waals surface area contributed by atoms with Gasteiger partial charge in [0.25, 0.3) is 0 Å². The zero-order valence-corrected chi connectivity index (χ0v) is 12.0. The van der Waals surface area contributed by atoms with Gasteiger partial charge in [-0.15, -0.1) is 11.6 Å². The lowest BCUT2D eigenvalue weighted by atomic mass is 9.99. The number of rotatable bonds is 4. The van der Waals surface area contributed by atoms with E-state index in [9.17, 15) is 0 Å². The molecule has 0 atom stereocenters. The fourth-order valence-corrected chi connectivity index (χ4v) is 2.81. The highest BCUT2D eigenvalue weighted by Crippen LogP contribution is 2.24. The Kier molecular flexibility index (Phi) is 4.90. The second kappa shape index (κ2) is 6.44. The van der Waals surface area contributed by atoms with Crippen molar-refractivity contribution in [3.8, 4) is 0 Å². The summed E-state index contributed by atoms with van der Waals surface area (Å²) in [6.07, 6.45) is 2.37. The van der Waals surface area contributed by atoms with Crippen molar-refractivity contribution in [3.05, 3.63) is 29.3 Å². The van der Waals surface area contributed by atoms with E-state index in [4.69, 9.17) is 16.3 Å². The first-order chi connectivity index (χ1) is 8.70. The summed E-state index contributed by atoms with van der Waals surface area (Å²) < 4.78 is 5.41. The van der Waals surface area contributed by atoms with Crippen LogP contribution < -0.4 is 4.90 Å². The third-order valence-electron chi connectivity index (χ3n) is 3.70. The molecule has 18 heavy (non-hydrogen) atoms. The summed E-state index contributed by atoms with van der Waals surface area (Å²) in [5.74, 6) is 1.35. The van der Waals surface area contributed by atoms with E-state index in [1.165, 1.54) is 29.7 Å². The van der Waals surface area contributed by atoms with E-state index in [1.807, 2.05) is 0 Å². The molecule has 0 saturated carbocycles. The van der Waals surface area contributed by atoms with Gasteiger partial charge in [0.1, 0.15) is 0 Å². The summed E-state index contributed by atoms with van der Waals surface area (Å²) >= 11 is 5.86. The summed E-state index contributed by atoms with van der Waals surface area (Å²) in [7, 11) is 2.18. The van der Waals surface area contributed by atoms with Crippen molar-refractivity contribution in [2.45, 2.75) is 25.6 Å². The number of alkyl halides is 1. The Morgan fingerprint density at radius 1 is 1.33 bits per heavy atom. The molecule has 1 aliphatic rings. The van der Waals surface area contributed by atoms with Gasteiger partial charge in [-0.25, -0.2) is 0 Å². The molecule has 0 spiro atoms. The molecule has 0 amide bonds. The highest BCUT2D eigenvalue weighted by atomic mass is 35.5. The monoisotopic (exact) mass is 267 g/mol. The van der Waals surface area contributed by atoms with Crippen LogP contribution in [0.4, 0.5) is 5.69 Å². The van der Waals surface area contributed by atoms with Gasteiger partial charge in [0.05, 0.1) is 0 Å². The van der Waals surface area contributed by atoms with Gasteiger partial charge in [-0.2, -0.15) is 0 Å². The Morgan fingerprint density at radius 2 is 2.06 bits per heavy atom. The van der Waals surface area contributed by atoms with E-state index < -0.39 is 0 Å². The van der Waals surface area contributed by atoms with Gasteiger partial charge in [0.2, 0.25) is 0 Å². The molecule has 0 N–H and O–H groups in total.